The maximum atomic E-state index is 13.9. The van der Waals surface area contributed by atoms with E-state index in [1.54, 1.807) is 56.3 Å². The van der Waals surface area contributed by atoms with Gasteiger partial charge in [-0.15, -0.1) is 0 Å². The number of benzene rings is 2. The van der Waals surface area contributed by atoms with Crippen LogP contribution in [-0.4, -0.2) is 80.5 Å². The predicted octanol–water partition coefficient (Wildman–Crippen LogP) is 3.12. The van der Waals surface area contributed by atoms with Crippen molar-refractivity contribution in [2.24, 2.45) is 17.8 Å². The molecule has 0 radical (unpaired) electrons. The Balaban J connectivity index is 1.29. The average molecular weight is 655 g/mol. The first-order chi connectivity index (χ1) is 22.9. The fourth-order valence-electron chi connectivity index (χ4n) is 9.34. The first-order valence-electron chi connectivity index (χ1n) is 16.2. The average Bonchev–Trinajstić information content (AvgIpc) is 3.71. The molecular weight excluding hydrogens is 616 g/mol. The molecule has 8 rings (SSSR count). The molecule has 0 amide bonds. The van der Waals surface area contributed by atoms with Gasteiger partial charge in [0.1, 0.15) is 30.0 Å². The molecular formula is C38H38O10. The summed E-state index contributed by atoms with van der Waals surface area (Å²) in [5, 5.41) is 34.9. The van der Waals surface area contributed by atoms with Gasteiger partial charge in [0.15, 0.2) is 17.0 Å². The standard InChI is InChI=1S/C38H38O10/c1-21(2)36-30(44-27(40)18-12-11-15-24-13-7-5-8-14-24)23(4)37-26-19-22(3)29(41)35(26,43)33(42)34(20-39)31(45-34)28(37)32(36)46-38(47-36,48-37)25-16-9-6-10-17-25/h5-19,23,26,28,30-33,39,42-43H,1,20H2,2-4H3/b15-11+,18-12+/t23-,26-,28+,30-,31+,32-,33-,34?,35-,36+,37+,38?/m1/s1. The monoisotopic (exact) mass is 654 g/mol. The van der Waals surface area contributed by atoms with Gasteiger partial charge in [-0.3, -0.25) is 4.79 Å². The van der Waals surface area contributed by atoms with Crippen molar-refractivity contribution >= 4 is 17.8 Å². The minimum Gasteiger partial charge on any atom is -0.455 e. The number of carbonyl (C=O) groups excluding carboxylic acids is 2. The zero-order valence-electron chi connectivity index (χ0n) is 26.8. The lowest BCUT2D eigenvalue weighted by molar-refractivity contribution is -0.440. The van der Waals surface area contributed by atoms with Crippen molar-refractivity contribution in [3.05, 3.63) is 114 Å². The van der Waals surface area contributed by atoms with Gasteiger partial charge in [-0.05, 0) is 30.6 Å². The fourth-order valence-corrected chi connectivity index (χ4v) is 9.34. The van der Waals surface area contributed by atoms with Crippen molar-refractivity contribution in [2.45, 2.75) is 73.6 Å². The number of aliphatic hydroxyl groups is 3. The summed E-state index contributed by atoms with van der Waals surface area (Å²) in [6, 6.07) is 18.6. The number of ether oxygens (including phenoxy) is 5. The molecule has 0 aromatic heterocycles. The molecule has 3 heterocycles. The van der Waals surface area contributed by atoms with Crippen molar-refractivity contribution in [3.63, 3.8) is 0 Å². The highest BCUT2D eigenvalue weighted by Crippen LogP contribution is 2.74. The van der Waals surface area contributed by atoms with Crippen molar-refractivity contribution in [2.75, 3.05) is 6.61 Å². The molecule has 5 fully saturated rings. The lowest BCUT2D eigenvalue weighted by atomic mass is 9.53. The van der Waals surface area contributed by atoms with Crippen LogP contribution >= 0.6 is 0 Å². The number of rotatable bonds is 7. The van der Waals surface area contributed by atoms with Crippen LogP contribution in [0.1, 0.15) is 31.9 Å². The van der Waals surface area contributed by atoms with Crippen LogP contribution in [0.2, 0.25) is 0 Å². The Morgan fingerprint density at radius 1 is 1.02 bits per heavy atom. The molecule has 3 bridgehead atoms. The number of allylic oxidation sites excluding steroid dienone is 2. The Labute approximate surface area is 277 Å². The van der Waals surface area contributed by atoms with E-state index < -0.39 is 88.9 Å². The smallest absolute Gasteiger partial charge is 0.331 e. The molecule has 250 valence electrons. The Kier molecular flexibility index (Phi) is 6.82. The van der Waals surface area contributed by atoms with E-state index in [2.05, 4.69) is 6.58 Å². The lowest BCUT2D eigenvalue weighted by Gasteiger charge is -2.61. The van der Waals surface area contributed by atoms with Crippen molar-refractivity contribution in [1.82, 2.24) is 0 Å². The van der Waals surface area contributed by atoms with Crippen LogP contribution in [0, 0.1) is 17.8 Å². The Hall–Kier alpha value is -3.74. The third kappa shape index (κ3) is 3.76. The van der Waals surface area contributed by atoms with Gasteiger partial charge in [0.25, 0.3) is 0 Å². The van der Waals surface area contributed by atoms with Crippen LogP contribution in [0.25, 0.3) is 6.08 Å². The van der Waals surface area contributed by atoms with Gasteiger partial charge in [0, 0.05) is 29.4 Å². The predicted molar refractivity (Wildman–Crippen MR) is 170 cm³/mol. The largest absolute Gasteiger partial charge is 0.455 e. The highest BCUT2D eigenvalue weighted by Gasteiger charge is 2.90. The number of aliphatic hydroxyl groups excluding tert-OH is 2. The van der Waals surface area contributed by atoms with Crippen LogP contribution in [0.5, 0.6) is 0 Å². The highest BCUT2D eigenvalue weighted by molar-refractivity contribution is 6.05. The summed E-state index contributed by atoms with van der Waals surface area (Å²) in [5.41, 5.74) is -4.99. The molecule has 2 aromatic rings. The van der Waals surface area contributed by atoms with Gasteiger partial charge in [-0.2, -0.15) is 0 Å². The fraction of sp³-hybridized carbons (Fsp3) is 0.421. The van der Waals surface area contributed by atoms with Gasteiger partial charge in [0.2, 0.25) is 0 Å². The van der Waals surface area contributed by atoms with Gasteiger partial charge in [-0.25, -0.2) is 4.79 Å². The van der Waals surface area contributed by atoms with Crippen LogP contribution in [0.3, 0.4) is 0 Å². The molecule has 10 heteroatoms. The molecule has 6 aliphatic rings. The summed E-state index contributed by atoms with van der Waals surface area (Å²) >= 11 is 0. The SMILES string of the molecule is C=C(C)[C@@]12OC3(c4ccccc4)O[C@@H]1[C@@H]1[C@@H]4OC4(CO)[C@@H](O)[C@]4(O)C(=O)C(C)=C[C@H]4[C@@]1(O3)[C@H](C)[C@H]2OC(=O)/C=C/C=C/c1ccccc1. The minimum absolute atomic E-state index is 0.226. The maximum absolute atomic E-state index is 13.9. The Morgan fingerprint density at radius 2 is 1.71 bits per heavy atom. The van der Waals surface area contributed by atoms with Crippen LogP contribution in [0.15, 0.2) is 103 Å². The molecule has 3 N–H and O–H groups in total. The van der Waals surface area contributed by atoms with Crippen molar-refractivity contribution in [1.29, 1.82) is 0 Å². The highest BCUT2D eigenvalue weighted by atomic mass is 16.9. The van der Waals surface area contributed by atoms with Gasteiger partial charge in [-0.1, -0.05) is 98.5 Å². The summed E-state index contributed by atoms with van der Waals surface area (Å²) in [6.07, 6.45) is 3.34. The van der Waals surface area contributed by atoms with Crippen molar-refractivity contribution < 1.29 is 48.6 Å². The molecule has 2 saturated carbocycles. The third-order valence-corrected chi connectivity index (χ3v) is 11.5. The van der Waals surface area contributed by atoms with E-state index in [4.69, 9.17) is 23.7 Å². The molecule has 2 aromatic carbocycles. The number of esters is 1. The summed E-state index contributed by atoms with van der Waals surface area (Å²) in [6.45, 7) is 8.79. The number of epoxide rings is 1. The topological polar surface area (TPSA) is 144 Å². The first-order valence-corrected chi connectivity index (χ1v) is 16.2. The van der Waals surface area contributed by atoms with Gasteiger partial charge < -0.3 is 39.0 Å². The van der Waals surface area contributed by atoms with E-state index in [0.29, 0.717) is 11.1 Å². The normalized spacial score (nSPS) is 45.0. The quantitative estimate of drug-likeness (QED) is 0.134. The third-order valence-electron chi connectivity index (χ3n) is 11.5. The lowest BCUT2D eigenvalue weighted by Crippen LogP contribution is -2.76. The summed E-state index contributed by atoms with van der Waals surface area (Å²) < 4.78 is 33.4. The van der Waals surface area contributed by atoms with Gasteiger partial charge >= 0.3 is 11.9 Å². The molecule has 3 aliphatic heterocycles. The van der Waals surface area contributed by atoms with E-state index >= 15 is 0 Å². The van der Waals surface area contributed by atoms with Crippen LogP contribution < -0.4 is 0 Å². The number of carbonyl (C=O) groups is 2. The summed E-state index contributed by atoms with van der Waals surface area (Å²) in [5.74, 6) is -5.98. The minimum atomic E-state index is -2.43. The molecule has 10 nitrogen and oxygen atoms in total. The zero-order chi connectivity index (χ0) is 33.9. The van der Waals surface area contributed by atoms with Crippen LogP contribution in [0.4, 0.5) is 0 Å². The Morgan fingerprint density at radius 3 is 2.38 bits per heavy atom. The number of hydrogen-bond donors (Lipinski definition) is 3. The van der Waals surface area contributed by atoms with E-state index in [0.717, 1.165) is 5.56 Å². The maximum Gasteiger partial charge on any atom is 0.331 e. The molecule has 3 saturated heterocycles. The second-order valence-electron chi connectivity index (χ2n) is 13.9. The molecule has 2 unspecified atom stereocenters. The molecule has 12 atom stereocenters. The number of Topliss-reactive ketones (excluding diaryl/α,β-unsaturated/α-hetero) is 1. The summed E-state index contributed by atoms with van der Waals surface area (Å²) in [4.78, 5) is 27.5. The second kappa shape index (κ2) is 10.4. The number of hydrogen-bond acceptors (Lipinski definition) is 10. The Bertz CT molecular complexity index is 1790. The number of fused-ring (bicyclic) bond motifs is 3. The number of ketones is 1. The molecule has 48 heavy (non-hydrogen) atoms. The van der Waals surface area contributed by atoms with Crippen LogP contribution in [-0.2, 0) is 39.2 Å². The zero-order valence-corrected chi connectivity index (χ0v) is 26.8. The van der Waals surface area contributed by atoms with E-state index in [9.17, 15) is 24.9 Å². The second-order valence-corrected chi connectivity index (χ2v) is 13.9. The van der Waals surface area contributed by atoms with Gasteiger partial charge in [0.05, 0.1) is 12.2 Å². The first kappa shape index (κ1) is 31.5. The summed E-state index contributed by atoms with van der Waals surface area (Å²) in [7, 11) is 0. The van der Waals surface area contributed by atoms with E-state index in [1.807, 2.05) is 49.4 Å². The van der Waals surface area contributed by atoms with E-state index in [-0.39, 0.29) is 5.57 Å². The molecule has 0 spiro atoms. The molecule has 3 aliphatic carbocycles. The van der Waals surface area contributed by atoms with Crippen molar-refractivity contribution in [3.8, 4) is 0 Å². The van der Waals surface area contributed by atoms with E-state index in [1.165, 1.54) is 6.08 Å².